The van der Waals surface area contributed by atoms with E-state index in [0.29, 0.717) is 15.4 Å². The molecule has 0 aromatic heterocycles. The monoisotopic (exact) mass is 345 g/mol. The van der Waals surface area contributed by atoms with E-state index in [1.807, 2.05) is 0 Å². The first-order valence-electron chi connectivity index (χ1n) is 4.39. The van der Waals surface area contributed by atoms with Crippen LogP contribution in [0.2, 0.25) is 10.0 Å². The van der Waals surface area contributed by atoms with Crippen LogP contribution in [0, 0.1) is 0 Å². The van der Waals surface area contributed by atoms with E-state index in [-0.39, 0.29) is 10.9 Å². The minimum Gasteiger partial charge on any atom is -0.208 e. The second kappa shape index (κ2) is 5.69. The highest BCUT2D eigenvalue weighted by Crippen LogP contribution is 2.22. The highest BCUT2D eigenvalue weighted by Gasteiger charge is 2.17. The number of alkyl halides is 1. The van der Waals surface area contributed by atoms with Crippen molar-refractivity contribution in [1.29, 1.82) is 0 Å². The Labute approximate surface area is 113 Å². The van der Waals surface area contributed by atoms with E-state index in [4.69, 9.17) is 23.2 Å². The van der Waals surface area contributed by atoms with Crippen molar-refractivity contribution >= 4 is 49.2 Å². The fourth-order valence-electron chi connectivity index (χ4n) is 1.05. The third-order valence-electron chi connectivity index (χ3n) is 1.73. The Hall–Kier alpha value is 0.190. The van der Waals surface area contributed by atoms with E-state index in [0.717, 1.165) is 0 Å². The molecule has 0 aliphatic carbocycles. The molecule has 0 heterocycles. The van der Waals surface area contributed by atoms with Gasteiger partial charge in [0.05, 0.1) is 4.90 Å². The summed E-state index contributed by atoms with van der Waals surface area (Å²) in [6.45, 7) is 1.75. The summed E-state index contributed by atoms with van der Waals surface area (Å²) in [5.41, 5.74) is 0. The second-order valence-electron chi connectivity index (χ2n) is 3.28. The lowest BCUT2D eigenvalue weighted by atomic mass is 10.4. The summed E-state index contributed by atoms with van der Waals surface area (Å²) in [5.74, 6) is 0. The number of rotatable bonds is 4. The molecule has 90 valence electrons. The zero-order valence-electron chi connectivity index (χ0n) is 8.38. The van der Waals surface area contributed by atoms with Crippen LogP contribution in [0.4, 0.5) is 0 Å². The van der Waals surface area contributed by atoms with Crippen LogP contribution in [0.1, 0.15) is 6.92 Å². The van der Waals surface area contributed by atoms with Gasteiger partial charge in [0.2, 0.25) is 10.0 Å². The quantitative estimate of drug-likeness (QED) is 0.851. The van der Waals surface area contributed by atoms with Gasteiger partial charge in [0, 0.05) is 21.4 Å². The van der Waals surface area contributed by atoms with E-state index in [1.165, 1.54) is 18.2 Å². The molecule has 0 radical (unpaired) electrons. The summed E-state index contributed by atoms with van der Waals surface area (Å²) in [5, 5.41) is 1.11. The van der Waals surface area contributed by atoms with Crippen LogP contribution < -0.4 is 4.72 Å². The van der Waals surface area contributed by atoms with Crippen molar-refractivity contribution in [2.75, 3.05) is 5.33 Å². The van der Waals surface area contributed by atoms with Gasteiger partial charge in [-0.15, -0.1) is 0 Å². The maximum atomic E-state index is 11.9. The predicted molar refractivity (Wildman–Crippen MR) is 70.0 cm³/mol. The van der Waals surface area contributed by atoms with Gasteiger partial charge in [0.25, 0.3) is 0 Å². The van der Waals surface area contributed by atoms with Gasteiger partial charge in [0.1, 0.15) is 0 Å². The van der Waals surface area contributed by atoms with Gasteiger partial charge < -0.3 is 0 Å². The Morgan fingerprint density at radius 3 is 2.25 bits per heavy atom. The third-order valence-corrected chi connectivity index (χ3v) is 4.71. The minimum atomic E-state index is -3.57. The molecule has 0 bridgehead atoms. The van der Waals surface area contributed by atoms with Gasteiger partial charge in [0.15, 0.2) is 0 Å². The van der Waals surface area contributed by atoms with E-state index in [1.54, 1.807) is 6.92 Å². The lowest BCUT2D eigenvalue weighted by molar-refractivity contribution is 0.571. The first-order chi connectivity index (χ1) is 7.35. The molecule has 1 aromatic carbocycles. The molecule has 1 atom stereocenters. The molecule has 1 N–H and O–H groups in total. The van der Waals surface area contributed by atoms with Gasteiger partial charge in [-0.25, -0.2) is 13.1 Å². The molecule has 3 nitrogen and oxygen atoms in total. The Bertz CT molecular complexity index is 458. The summed E-state index contributed by atoms with van der Waals surface area (Å²) >= 11 is 14.7. The molecule has 1 aromatic rings. The fraction of sp³-hybridized carbons (Fsp3) is 0.333. The van der Waals surface area contributed by atoms with Crippen molar-refractivity contribution in [3.63, 3.8) is 0 Å². The molecule has 7 heteroatoms. The second-order valence-corrected chi connectivity index (χ2v) is 6.52. The smallest absolute Gasteiger partial charge is 0.208 e. The number of hydrogen-bond acceptors (Lipinski definition) is 2. The molecule has 0 aliphatic heterocycles. The first-order valence-corrected chi connectivity index (χ1v) is 7.75. The van der Waals surface area contributed by atoms with Crippen LogP contribution in [0.25, 0.3) is 0 Å². The van der Waals surface area contributed by atoms with E-state index in [2.05, 4.69) is 20.7 Å². The SMILES string of the molecule is CC(CBr)NS(=O)(=O)c1cc(Cl)cc(Cl)c1. The fourth-order valence-corrected chi connectivity index (χ4v) is 3.39. The normalized spacial score (nSPS) is 13.8. The Morgan fingerprint density at radius 1 is 1.31 bits per heavy atom. The van der Waals surface area contributed by atoms with Crippen LogP contribution in [-0.4, -0.2) is 19.8 Å². The van der Waals surface area contributed by atoms with Gasteiger partial charge in [-0.1, -0.05) is 39.1 Å². The molecular weight excluding hydrogens is 337 g/mol. The molecular formula is C9H10BrCl2NO2S. The Balaban J connectivity index is 3.07. The van der Waals surface area contributed by atoms with Crippen LogP contribution >= 0.6 is 39.1 Å². The Morgan fingerprint density at radius 2 is 1.81 bits per heavy atom. The highest BCUT2D eigenvalue weighted by molar-refractivity contribution is 9.09. The van der Waals surface area contributed by atoms with Gasteiger partial charge >= 0.3 is 0 Å². The first kappa shape index (κ1) is 14.3. The lowest BCUT2D eigenvalue weighted by Gasteiger charge is -2.11. The largest absolute Gasteiger partial charge is 0.240 e. The number of nitrogens with one attached hydrogen (secondary N) is 1. The highest BCUT2D eigenvalue weighted by atomic mass is 79.9. The van der Waals surface area contributed by atoms with Crippen LogP contribution in [-0.2, 0) is 10.0 Å². The van der Waals surface area contributed by atoms with Crippen molar-refractivity contribution in [2.45, 2.75) is 17.9 Å². The summed E-state index contributed by atoms with van der Waals surface area (Å²) in [7, 11) is -3.57. The Kier molecular flexibility index (Phi) is 5.07. The van der Waals surface area contributed by atoms with Crippen LogP contribution in [0.15, 0.2) is 23.1 Å². The predicted octanol–water partition coefficient (Wildman–Crippen LogP) is 3.06. The molecule has 0 spiro atoms. The maximum Gasteiger partial charge on any atom is 0.240 e. The number of halogens is 3. The summed E-state index contributed by atoms with van der Waals surface area (Å²) in [6.07, 6.45) is 0. The van der Waals surface area contributed by atoms with E-state index < -0.39 is 10.0 Å². The number of hydrogen-bond donors (Lipinski definition) is 1. The van der Waals surface area contributed by atoms with Crippen molar-refractivity contribution in [3.05, 3.63) is 28.2 Å². The van der Waals surface area contributed by atoms with E-state index >= 15 is 0 Å². The molecule has 0 fully saturated rings. The van der Waals surface area contributed by atoms with E-state index in [9.17, 15) is 8.42 Å². The zero-order valence-corrected chi connectivity index (χ0v) is 12.3. The van der Waals surface area contributed by atoms with Crippen molar-refractivity contribution in [2.24, 2.45) is 0 Å². The number of benzene rings is 1. The van der Waals surface area contributed by atoms with Crippen LogP contribution in [0.5, 0.6) is 0 Å². The molecule has 16 heavy (non-hydrogen) atoms. The average Bonchev–Trinajstić information content (AvgIpc) is 2.15. The lowest BCUT2D eigenvalue weighted by Crippen LogP contribution is -2.33. The zero-order chi connectivity index (χ0) is 12.3. The molecule has 0 saturated heterocycles. The molecule has 0 amide bonds. The van der Waals surface area contributed by atoms with Crippen molar-refractivity contribution < 1.29 is 8.42 Å². The van der Waals surface area contributed by atoms with Crippen LogP contribution in [0.3, 0.4) is 0 Å². The van der Waals surface area contributed by atoms with Gasteiger partial charge in [-0.3, -0.25) is 0 Å². The standard InChI is InChI=1S/C9H10BrCl2NO2S/c1-6(5-10)13-16(14,15)9-3-7(11)2-8(12)4-9/h2-4,6,13H,5H2,1H3. The third kappa shape index (κ3) is 3.89. The minimum absolute atomic E-state index is 0.0674. The molecule has 1 unspecified atom stereocenters. The molecule has 0 saturated carbocycles. The maximum absolute atomic E-state index is 11.9. The summed E-state index contributed by atoms with van der Waals surface area (Å²) < 4.78 is 26.2. The summed E-state index contributed by atoms with van der Waals surface area (Å²) in [4.78, 5) is 0.0674. The van der Waals surface area contributed by atoms with Gasteiger partial charge in [-0.2, -0.15) is 0 Å². The topological polar surface area (TPSA) is 46.2 Å². The van der Waals surface area contributed by atoms with Gasteiger partial charge in [-0.05, 0) is 25.1 Å². The molecule has 0 aliphatic rings. The van der Waals surface area contributed by atoms with Crippen molar-refractivity contribution in [3.8, 4) is 0 Å². The van der Waals surface area contributed by atoms with Crippen molar-refractivity contribution in [1.82, 2.24) is 4.72 Å². The molecule has 1 rings (SSSR count). The number of sulfonamides is 1. The average molecular weight is 347 g/mol. The summed E-state index contributed by atoms with van der Waals surface area (Å²) in [6, 6.07) is 3.99.